The topological polar surface area (TPSA) is 90.5 Å². The van der Waals surface area contributed by atoms with Crippen LogP contribution in [-0.4, -0.2) is 29.0 Å². The molecule has 2 unspecified atom stereocenters. The normalized spacial score (nSPS) is 22.3. The minimum absolute atomic E-state index is 0.0975. The zero-order valence-electron chi connectivity index (χ0n) is 13.8. The average Bonchev–Trinajstić information content (AvgIpc) is 3.39. The Labute approximate surface area is 155 Å². The summed E-state index contributed by atoms with van der Waals surface area (Å²) in [4.78, 5) is 25.6. The third kappa shape index (κ3) is 2.91. The molecule has 1 aliphatic heterocycles. The summed E-state index contributed by atoms with van der Waals surface area (Å²) >= 11 is 5.99. The minimum Gasteiger partial charge on any atom is -0.373 e. The molecular weight excluding hydrogens is 354 g/mol. The van der Waals surface area contributed by atoms with Crippen molar-refractivity contribution in [2.45, 2.75) is 30.5 Å². The van der Waals surface area contributed by atoms with E-state index in [2.05, 4.69) is 16.0 Å². The second-order valence-corrected chi connectivity index (χ2v) is 7.07. The quantitative estimate of drug-likeness (QED) is 0.648. The van der Waals surface area contributed by atoms with Crippen LogP contribution in [0.5, 0.6) is 0 Å². The molecule has 1 heterocycles. The summed E-state index contributed by atoms with van der Waals surface area (Å²) in [6.45, 7) is 0. The van der Waals surface area contributed by atoms with Gasteiger partial charge in [0.25, 0.3) is 5.91 Å². The van der Waals surface area contributed by atoms with Gasteiger partial charge in [-0.2, -0.15) is 0 Å². The zero-order chi connectivity index (χ0) is 18.3. The van der Waals surface area contributed by atoms with Gasteiger partial charge in [0.1, 0.15) is 6.04 Å². The number of amides is 2. The molecule has 2 amide bonds. The first-order valence-corrected chi connectivity index (χ1v) is 8.82. The van der Waals surface area contributed by atoms with Gasteiger partial charge in [0, 0.05) is 28.0 Å². The zero-order valence-corrected chi connectivity index (χ0v) is 14.6. The molecule has 0 saturated heterocycles. The van der Waals surface area contributed by atoms with Gasteiger partial charge in [-0.1, -0.05) is 35.9 Å². The molecule has 2 atom stereocenters. The van der Waals surface area contributed by atoms with Crippen molar-refractivity contribution in [3.05, 3.63) is 59.1 Å². The summed E-state index contributed by atoms with van der Waals surface area (Å²) in [5.41, 5.74) is -0.684. The number of carbonyl (C=O) groups excluding carboxylic acids is 2. The van der Waals surface area contributed by atoms with Gasteiger partial charge in [-0.15, -0.1) is 0 Å². The Morgan fingerprint density at radius 2 is 1.96 bits per heavy atom. The standard InChI is InChI=1S/C19H18ClN3O3/c20-11-6-9-14-15(10-11)23-18(25)19(14,26)16(17(24)22-13-7-8-13)21-12-4-2-1-3-5-12/h1-6,9-10,13,16,21,26H,7-8H2,(H,22,24)(H,23,25). The number of anilines is 2. The summed E-state index contributed by atoms with van der Waals surface area (Å²) in [7, 11) is 0. The SMILES string of the molecule is O=C(NC1CC1)C(Nc1ccccc1)C1(O)C(=O)Nc2cc(Cl)ccc21. The first kappa shape index (κ1) is 16.9. The predicted molar refractivity (Wildman–Crippen MR) is 99.0 cm³/mol. The van der Waals surface area contributed by atoms with E-state index in [-0.39, 0.29) is 6.04 Å². The third-order valence-electron chi connectivity index (χ3n) is 4.68. The highest BCUT2D eigenvalue weighted by Gasteiger charge is 2.54. The number of rotatable bonds is 5. The van der Waals surface area contributed by atoms with Gasteiger partial charge in [-0.05, 0) is 37.1 Å². The summed E-state index contributed by atoms with van der Waals surface area (Å²) in [6.07, 6.45) is 1.81. The van der Waals surface area contributed by atoms with Crippen LogP contribution in [0.3, 0.4) is 0 Å². The Bertz CT molecular complexity index is 870. The number of carbonyl (C=O) groups is 2. The monoisotopic (exact) mass is 371 g/mol. The second-order valence-electron chi connectivity index (χ2n) is 6.64. The fraction of sp³-hybridized carbons (Fsp3) is 0.263. The van der Waals surface area contributed by atoms with E-state index >= 15 is 0 Å². The van der Waals surface area contributed by atoms with Crippen molar-refractivity contribution in [1.29, 1.82) is 0 Å². The van der Waals surface area contributed by atoms with Crippen molar-refractivity contribution in [3.63, 3.8) is 0 Å². The van der Waals surface area contributed by atoms with Crippen molar-refractivity contribution < 1.29 is 14.7 Å². The number of fused-ring (bicyclic) bond motifs is 1. The fourth-order valence-corrected chi connectivity index (χ4v) is 3.32. The molecule has 0 aromatic heterocycles. The number of hydrogen-bond donors (Lipinski definition) is 4. The molecule has 6 nitrogen and oxygen atoms in total. The predicted octanol–water partition coefficient (Wildman–Crippen LogP) is 2.24. The largest absolute Gasteiger partial charge is 0.373 e. The number of halogens is 1. The van der Waals surface area contributed by atoms with Crippen LogP contribution in [0.4, 0.5) is 11.4 Å². The van der Waals surface area contributed by atoms with Crippen molar-refractivity contribution in [1.82, 2.24) is 5.32 Å². The molecule has 0 bridgehead atoms. The highest BCUT2D eigenvalue weighted by atomic mass is 35.5. The van der Waals surface area contributed by atoms with Crippen LogP contribution in [0.1, 0.15) is 18.4 Å². The molecule has 1 saturated carbocycles. The smallest absolute Gasteiger partial charge is 0.263 e. The summed E-state index contributed by atoms with van der Waals surface area (Å²) in [5, 5.41) is 20.3. The van der Waals surface area contributed by atoms with Crippen LogP contribution in [0.15, 0.2) is 48.5 Å². The van der Waals surface area contributed by atoms with E-state index in [1.54, 1.807) is 30.3 Å². The molecule has 4 rings (SSSR count). The first-order chi connectivity index (χ1) is 12.5. The lowest BCUT2D eigenvalue weighted by molar-refractivity contribution is -0.142. The van der Waals surface area contributed by atoms with Crippen molar-refractivity contribution >= 4 is 34.8 Å². The molecule has 0 radical (unpaired) electrons. The molecule has 1 aliphatic carbocycles. The average molecular weight is 372 g/mol. The van der Waals surface area contributed by atoms with Crippen molar-refractivity contribution in [3.8, 4) is 0 Å². The van der Waals surface area contributed by atoms with E-state index in [1.165, 1.54) is 0 Å². The Morgan fingerprint density at radius 1 is 1.23 bits per heavy atom. The highest BCUT2D eigenvalue weighted by molar-refractivity contribution is 6.31. The number of nitrogens with one attached hydrogen (secondary N) is 3. The van der Waals surface area contributed by atoms with Crippen LogP contribution >= 0.6 is 11.6 Å². The molecule has 26 heavy (non-hydrogen) atoms. The maximum absolute atomic E-state index is 12.9. The van der Waals surface area contributed by atoms with Crippen molar-refractivity contribution in [2.75, 3.05) is 10.6 Å². The van der Waals surface area contributed by atoms with E-state index in [0.29, 0.717) is 22.0 Å². The molecular formula is C19H18ClN3O3. The van der Waals surface area contributed by atoms with Gasteiger partial charge >= 0.3 is 0 Å². The lowest BCUT2D eigenvalue weighted by Gasteiger charge is -2.31. The molecule has 0 spiro atoms. The van der Waals surface area contributed by atoms with Gasteiger partial charge < -0.3 is 21.1 Å². The van der Waals surface area contributed by atoms with E-state index in [4.69, 9.17) is 11.6 Å². The maximum Gasteiger partial charge on any atom is 0.263 e. The Morgan fingerprint density at radius 3 is 2.65 bits per heavy atom. The van der Waals surface area contributed by atoms with Crippen LogP contribution in [-0.2, 0) is 15.2 Å². The maximum atomic E-state index is 12.9. The van der Waals surface area contributed by atoms with Gasteiger partial charge in [0.05, 0.1) is 0 Å². The minimum atomic E-state index is -2.05. The summed E-state index contributed by atoms with van der Waals surface area (Å²) in [6, 6.07) is 12.6. The lowest BCUT2D eigenvalue weighted by atomic mass is 9.86. The fourth-order valence-electron chi connectivity index (χ4n) is 3.15. The molecule has 1 fully saturated rings. The molecule has 134 valence electrons. The third-order valence-corrected chi connectivity index (χ3v) is 4.91. The van der Waals surface area contributed by atoms with Crippen LogP contribution < -0.4 is 16.0 Å². The second kappa shape index (κ2) is 6.30. The molecule has 7 heteroatoms. The molecule has 2 aromatic carbocycles. The van der Waals surface area contributed by atoms with Gasteiger partial charge in [0.15, 0.2) is 5.60 Å². The molecule has 2 aliphatic rings. The lowest BCUT2D eigenvalue weighted by Crippen LogP contribution is -2.57. The van der Waals surface area contributed by atoms with Gasteiger partial charge in [-0.25, -0.2) is 0 Å². The van der Waals surface area contributed by atoms with E-state index in [9.17, 15) is 14.7 Å². The summed E-state index contributed by atoms with van der Waals surface area (Å²) < 4.78 is 0. The van der Waals surface area contributed by atoms with Crippen LogP contribution in [0, 0.1) is 0 Å². The Balaban J connectivity index is 1.74. The molecule has 2 aromatic rings. The Kier molecular flexibility index (Phi) is 4.09. The van der Waals surface area contributed by atoms with E-state index < -0.39 is 23.5 Å². The highest BCUT2D eigenvalue weighted by Crippen LogP contribution is 2.41. The van der Waals surface area contributed by atoms with Gasteiger partial charge in [-0.3, -0.25) is 9.59 Å². The van der Waals surface area contributed by atoms with E-state index in [1.807, 2.05) is 18.2 Å². The number of aliphatic hydroxyl groups is 1. The van der Waals surface area contributed by atoms with Crippen LogP contribution in [0.25, 0.3) is 0 Å². The van der Waals surface area contributed by atoms with Crippen molar-refractivity contribution in [2.24, 2.45) is 0 Å². The number of para-hydroxylation sites is 1. The van der Waals surface area contributed by atoms with Crippen LogP contribution in [0.2, 0.25) is 5.02 Å². The summed E-state index contributed by atoms with van der Waals surface area (Å²) in [5.74, 6) is -1.08. The number of benzene rings is 2. The first-order valence-electron chi connectivity index (χ1n) is 8.44. The van der Waals surface area contributed by atoms with Gasteiger partial charge in [0.2, 0.25) is 5.91 Å². The van der Waals surface area contributed by atoms with E-state index in [0.717, 1.165) is 12.8 Å². The molecule has 4 N–H and O–H groups in total. The number of hydrogen-bond acceptors (Lipinski definition) is 4. The Hall–Kier alpha value is -2.57.